The third kappa shape index (κ3) is 6.23. The van der Waals surface area contributed by atoms with Crippen LogP contribution in [0.15, 0.2) is 121 Å². The minimum atomic E-state index is -0.120. The number of aromatic hydroxyl groups is 1. The molecule has 4 aromatic carbocycles. The van der Waals surface area contributed by atoms with Gasteiger partial charge in [-0.3, -0.25) is 4.90 Å². The molecule has 6 rings (SSSR count). The van der Waals surface area contributed by atoms with E-state index in [1.54, 1.807) is 6.07 Å². The Balaban J connectivity index is 1.52. The number of rotatable bonds is 6. The van der Waals surface area contributed by atoms with Crippen molar-refractivity contribution in [1.82, 2.24) is 9.97 Å². The summed E-state index contributed by atoms with van der Waals surface area (Å²) in [7, 11) is 0. The summed E-state index contributed by atoms with van der Waals surface area (Å²) in [4.78, 5) is 12.2. The number of pyridine rings is 2. The molecule has 0 saturated carbocycles. The Morgan fingerprint density at radius 3 is 1.98 bits per heavy atom. The molecule has 0 aliphatic carbocycles. The van der Waals surface area contributed by atoms with Crippen LogP contribution in [0, 0.1) is 20.8 Å². The summed E-state index contributed by atoms with van der Waals surface area (Å²) in [6.45, 7) is 13.1. The van der Waals surface area contributed by atoms with Gasteiger partial charge in [-0.25, -0.2) is 9.97 Å². The van der Waals surface area contributed by atoms with Crippen molar-refractivity contribution >= 4 is 17.3 Å². The van der Waals surface area contributed by atoms with Crippen molar-refractivity contribution in [3.63, 3.8) is 0 Å². The van der Waals surface area contributed by atoms with Crippen LogP contribution in [0.2, 0.25) is 0 Å². The molecule has 0 saturated heterocycles. The Labute approximate surface area is 266 Å². The zero-order valence-corrected chi connectivity index (χ0v) is 26.8. The third-order valence-electron chi connectivity index (χ3n) is 8.21. The minimum Gasteiger partial charge on any atom is -0.507 e. The van der Waals surface area contributed by atoms with Crippen molar-refractivity contribution in [3.8, 4) is 39.3 Å². The van der Waals surface area contributed by atoms with Crippen LogP contribution in [0.3, 0.4) is 0 Å². The molecule has 45 heavy (non-hydrogen) atoms. The largest absolute Gasteiger partial charge is 0.507 e. The maximum absolute atomic E-state index is 11.1. The zero-order chi connectivity index (χ0) is 31.7. The quantitative estimate of drug-likeness (QED) is 0.210. The molecule has 4 nitrogen and oxygen atoms in total. The molecule has 0 bridgehead atoms. The van der Waals surface area contributed by atoms with E-state index in [1.165, 1.54) is 11.1 Å². The van der Waals surface area contributed by atoms with Gasteiger partial charge in [-0.05, 0) is 108 Å². The molecular weight excluding hydrogens is 550 g/mol. The number of phenols is 1. The van der Waals surface area contributed by atoms with Crippen LogP contribution in [0.4, 0.5) is 17.3 Å². The average molecular weight is 590 g/mol. The number of phenolic OH excluding ortho intramolecular Hbond substituents is 1. The number of aromatic nitrogens is 2. The number of anilines is 3. The molecule has 0 spiro atoms. The van der Waals surface area contributed by atoms with Crippen molar-refractivity contribution in [2.75, 3.05) is 4.90 Å². The molecule has 0 radical (unpaired) electrons. The van der Waals surface area contributed by atoms with Gasteiger partial charge in [0.1, 0.15) is 17.4 Å². The second-order valence-corrected chi connectivity index (χ2v) is 12.8. The Morgan fingerprint density at radius 1 is 0.600 bits per heavy atom. The number of aryl methyl sites for hydroxylation is 3. The second kappa shape index (κ2) is 12.0. The molecule has 2 heterocycles. The van der Waals surface area contributed by atoms with Gasteiger partial charge in [-0.1, -0.05) is 93.1 Å². The van der Waals surface area contributed by atoms with Gasteiger partial charge in [0.25, 0.3) is 0 Å². The van der Waals surface area contributed by atoms with Gasteiger partial charge in [0.2, 0.25) is 0 Å². The van der Waals surface area contributed by atoms with Crippen molar-refractivity contribution in [3.05, 3.63) is 144 Å². The fourth-order valence-electron chi connectivity index (χ4n) is 6.01. The molecule has 0 atom stereocenters. The lowest BCUT2D eigenvalue weighted by Crippen LogP contribution is -2.16. The Hall–Kier alpha value is -5.22. The first-order chi connectivity index (χ1) is 21.6. The highest BCUT2D eigenvalue weighted by Gasteiger charge is 2.22. The summed E-state index contributed by atoms with van der Waals surface area (Å²) in [6.07, 6.45) is 1.82. The van der Waals surface area contributed by atoms with Gasteiger partial charge in [0, 0.05) is 17.3 Å². The first-order valence-corrected chi connectivity index (χ1v) is 15.4. The monoisotopic (exact) mass is 589 g/mol. The van der Waals surface area contributed by atoms with Crippen LogP contribution >= 0.6 is 0 Å². The molecule has 6 aromatic rings. The molecule has 224 valence electrons. The van der Waals surface area contributed by atoms with Crippen LogP contribution in [0.1, 0.15) is 43.0 Å². The molecule has 0 unspecified atom stereocenters. The van der Waals surface area contributed by atoms with Gasteiger partial charge >= 0.3 is 0 Å². The van der Waals surface area contributed by atoms with E-state index < -0.39 is 0 Å². The lowest BCUT2D eigenvalue weighted by molar-refractivity contribution is 0.477. The predicted octanol–water partition coefficient (Wildman–Crippen LogP) is 10.9. The second-order valence-electron chi connectivity index (χ2n) is 12.8. The van der Waals surface area contributed by atoms with E-state index in [1.807, 2.05) is 54.7 Å². The summed E-state index contributed by atoms with van der Waals surface area (Å²) in [6, 6.07) is 39.2. The summed E-state index contributed by atoms with van der Waals surface area (Å²) in [5.74, 6) is 1.85. The fraction of sp³-hybridized carbons (Fsp3) is 0.171. The van der Waals surface area contributed by atoms with Gasteiger partial charge in [0.05, 0.1) is 11.4 Å². The van der Waals surface area contributed by atoms with Crippen LogP contribution in [0.5, 0.6) is 5.75 Å². The highest BCUT2D eigenvalue weighted by atomic mass is 16.3. The predicted molar refractivity (Wildman–Crippen MR) is 188 cm³/mol. The SMILES string of the molecule is Cc1cc(C)c(N(c2ccccn2)c2cccc(-c3cc(-c4cc(-c5ccccc5)ccc4O)cc(C(C)(C)C)c3)n2)c(C)c1. The molecular formula is C41H39N3O. The molecule has 4 heteroatoms. The van der Waals surface area contributed by atoms with E-state index in [4.69, 9.17) is 9.97 Å². The first-order valence-electron chi connectivity index (χ1n) is 15.4. The van der Waals surface area contributed by atoms with Gasteiger partial charge < -0.3 is 5.11 Å². The smallest absolute Gasteiger partial charge is 0.139 e. The molecule has 2 aromatic heterocycles. The van der Waals surface area contributed by atoms with Crippen LogP contribution in [-0.4, -0.2) is 15.1 Å². The van der Waals surface area contributed by atoms with Crippen LogP contribution < -0.4 is 4.90 Å². The zero-order valence-electron chi connectivity index (χ0n) is 26.8. The van der Waals surface area contributed by atoms with E-state index in [0.29, 0.717) is 0 Å². The molecule has 0 amide bonds. The Kier molecular flexibility index (Phi) is 7.99. The van der Waals surface area contributed by atoms with E-state index in [2.05, 4.69) is 107 Å². The van der Waals surface area contributed by atoms with E-state index >= 15 is 0 Å². The van der Waals surface area contributed by atoms with Crippen molar-refractivity contribution in [1.29, 1.82) is 0 Å². The highest BCUT2D eigenvalue weighted by molar-refractivity contribution is 5.82. The number of benzene rings is 4. The van der Waals surface area contributed by atoms with Crippen molar-refractivity contribution in [2.45, 2.75) is 47.0 Å². The molecule has 0 aliphatic rings. The average Bonchev–Trinajstić information content (AvgIpc) is 3.03. The van der Waals surface area contributed by atoms with E-state index in [0.717, 1.165) is 62.0 Å². The number of hydrogen-bond acceptors (Lipinski definition) is 4. The standard InChI is InChI=1S/C41H39N3O/c1-27-21-28(2)40(29(3)22-27)44(38-16-10-11-20-42-38)39-17-12-15-36(43-39)33-23-32(24-34(25-33)41(4,5)6)35-26-31(18-19-37(35)45)30-13-8-7-9-14-30/h7-26,45H,1-6H3. The maximum atomic E-state index is 11.1. The summed E-state index contributed by atoms with van der Waals surface area (Å²) >= 11 is 0. The van der Waals surface area contributed by atoms with E-state index in [-0.39, 0.29) is 11.2 Å². The molecule has 0 fully saturated rings. The first kappa shape index (κ1) is 29.8. The summed E-state index contributed by atoms with van der Waals surface area (Å²) < 4.78 is 0. The highest BCUT2D eigenvalue weighted by Crippen LogP contribution is 2.41. The maximum Gasteiger partial charge on any atom is 0.139 e. The van der Waals surface area contributed by atoms with Crippen LogP contribution in [0.25, 0.3) is 33.5 Å². The Morgan fingerprint density at radius 2 is 1.29 bits per heavy atom. The lowest BCUT2D eigenvalue weighted by Gasteiger charge is -2.27. The van der Waals surface area contributed by atoms with Crippen LogP contribution in [-0.2, 0) is 5.41 Å². The molecule has 1 N–H and O–H groups in total. The van der Waals surface area contributed by atoms with E-state index in [9.17, 15) is 5.11 Å². The summed E-state index contributed by atoms with van der Waals surface area (Å²) in [5, 5.41) is 11.1. The van der Waals surface area contributed by atoms with Crippen molar-refractivity contribution in [2.24, 2.45) is 0 Å². The van der Waals surface area contributed by atoms with Gasteiger partial charge in [-0.2, -0.15) is 0 Å². The topological polar surface area (TPSA) is 49.2 Å². The number of nitrogens with zero attached hydrogens (tertiary/aromatic N) is 3. The lowest BCUT2D eigenvalue weighted by atomic mass is 9.83. The molecule has 0 aliphatic heterocycles. The fourth-order valence-corrected chi connectivity index (χ4v) is 6.01. The minimum absolute atomic E-state index is 0.120. The Bertz CT molecular complexity index is 1950. The van der Waals surface area contributed by atoms with Gasteiger partial charge in [-0.15, -0.1) is 0 Å². The summed E-state index contributed by atoms with van der Waals surface area (Å²) in [5.41, 5.74) is 11.4. The normalized spacial score (nSPS) is 11.4. The number of hydrogen-bond donors (Lipinski definition) is 1. The van der Waals surface area contributed by atoms with Crippen molar-refractivity contribution < 1.29 is 5.11 Å². The van der Waals surface area contributed by atoms with Gasteiger partial charge in [0.15, 0.2) is 0 Å². The third-order valence-corrected chi connectivity index (χ3v) is 8.21.